The fraction of sp³-hybridized carbons (Fsp3) is 0.214. The minimum absolute atomic E-state index is 0.0619. The van der Waals surface area contributed by atoms with Crippen molar-refractivity contribution in [1.29, 1.82) is 0 Å². The molecule has 32 heavy (non-hydrogen) atoms. The molecule has 1 heterocycles. The first-order valence-corrected chi connectivity index (χ1v) is 11.3. The van der Waals surface area contributed by atoms with Crippen LogP contribution in [0.4, 0.5) is 0 Å². The number of rotatable bonds is 7. The maximum absolute atomic E-state index is 11.8. The van der Waals surface area contributed by atoms with Crippen LogP contribution in [0.5, 0.6) is 0 Å². The molecule has 0 radical (unpaired) electrons. The summed E-state index contributed by atoms with van der Waals surface area (Å²) in [6.45, 7) is 1.58. The van der Waals surface area contributed by atoms with Crippen LogP contribution in [0.3, 0.4) is 0 Å². The Morgan fingerprint density at radius 2 is 1.97 bits per heavy atom. The number of nitrogens with zero attached hydrogens (tertiary/aromatic N) is 1. The highest BCUT2D eigenvalue weighted by Gasteiger charge is 2.15. The topological polar surface area (TPSA) is 50.2 Å². The van der Waals surface area contributed by atoms with E-state index in [4.69, 9.17) is 11.6 Å². The average molecular weight is 444 g/mol. The van der Waals surface area contributed by atoms with E-state index < -0.39 is 6.10 Å². The predicted molar refractivity (Wildman–Crippen MR) is 132 cm³/mol. The first kappa shape index (κ1) is 22.2. The van der Waals surface area contributed by atoms with Crippen molar-refractivity contribution in [3.05, 3.63) is 106 Å². The van der Waals surface area contributed by atoms with E-state index in [1.807, 2.05) is 66.7 Å². The maximum Gasteiger partial charge on any atom is 0.160 e. The van der Waals surface area contributed by atoms with Crippen LogP contribution in [-0.2, 0) is 6.42 Å². The second kappa shape index (κ2) is 10.1. The summed E-state index contributed by atoms with van der Waals surface area (Å²) in [5.74, 6) is 0.0619. The zero-order chi connectivity index (χ0) is 22.5. The summed E-state index contributed by atoms with van der Waals surface area (Å²) in [4.78, 5) is 16.5. The summed E-state index contributed by atoms with van der Waals surface area (Å²) in [5.41, 5.74) is 5.57. The van der Waals surface area contributed by atoms with Gasteiger partial charge in [-0.25, -0.2) is 4.98 Å². The molecule has 3 nitrogen and oxygen atoms in total. The van der Waals surface area contributed by atoms with Crippen LogP contribution in [0.25, 0.3) is 17.0 Å². The Kier molecular flexibility index (Phi) is 6.99. The Labute approximate surface area is 193 Å². The fourth-order valence-electron chi connectivity index (χ4n) is 4.07. The minimum atomic E-state index is -0.520. The summed E-state index contributed by atoms with van der Waals surface area (Å²) in [6.07, 6.45) is 10.8. The molecular formula is C28H26ClNO2. The molecule has 1 aliphatic carbocycles. The second-order valence-corrected chi connectivity index (χ2v) is 8.57. The van der Waals surface area contributed by atoms with Crippen LogP contribution in [0.15, 0.2) is 84.0 Å². The van der Waals surface area contributed by atoms with E-state index in [0.717, 1.165) is 51.7 Å². The van der Waals surface area contributed by atoms with Gasteiger partial charge >= 0.3 is 0 Å². The summed E-state index contributed by atoms with van der Waals surface area (Å²) in [7, 11) is 0. The van der Waals surface area contributed by atoms with Crippen LogP contribution in [-0.4, -0.2) is 22.0 Å². The number of aryl methyl sites for hydroxylation is 1. The number of aliphatic hydroxyl groups is 1. The number of benzene rings is 2. The van der Waals surface area contributed by atoms with Gasteiger partial charge in [-0.3, -0.25) is 4.79 Å². The molecule has 0 amide bonds. The lowest BCUT2D eigenvalue weighted by atomic mass is 9.91. The van der Waals surface area contributed by atoms with Gasteiger partial charge in [-0.2, -0.15) is 0 Å². The summed E-state index contributed by atoms with van der Waals surface area (Å²) in [6, 6.07) is 17.4. The SMILES string of the molecule is CC(=O)c1ccccc1CC[C@@H](O)C1=CC(/C=C/c2ccc3ccc(Cl)cc3n2)=CCC1. The number of hydrogen-bond donors (Lipinski definition) is 1. The molecule has 0 unspecified atom stereocenters. The predicted octanol–water partition coefficient (Wildman–Crippen LogP) is 6.74. The molecule has 1 N–H and O–H groups in total. The van der Waals surface area contributed by atoms with E-state index in [1.165, 1.54) is 0 Å². The molecule has 1 aromatic heterocycles. The zero-order valence-corrected chi connectivity index (χ0v) is 18.8. The van der Waals surface area contributed by atoms with E-state index in [-0.39, 0.29) is 5.78 Å². The van der Waals surface area contributed by atoms with E-state index in [0.29, 0.717) is 17.9 Å². The average Bonchev–Trinajstić information content (AvgIpc) is 2.81. The molecule has 0 bridgehead atoms. The number of Topliss-reactive ketones (excluding diaryl/α,β-unsaturated/α-hetero) is 1. The van der Waals surface area contributed by atoms with Gasteiger partial charge in [0.2, 0.25) is 0 Å². The normalized spacial score (nSPS) is 15.0. The van der Waals surface area contributed by atoms with Crippen LogP contribution in [0.2, 0.25) is 5.02 Å². The van der Waals surface area contributed by atoms with Gasteiger partial charge in [0.15, 0.2) is 5.78 Å². The smallest absolute Gasteiger partial charge is 0.160 e. The van der Waals surface area contributed by atoms with E-state index in [1.54, 1.807) is 6.92 Å². The van der Waals surface area contributed by atoms with Crippen LogP contribution >= 0.6 is 11.6 Å². The van der Waals surface area contributed by atoms with Crippen molar-refractivity contribution in [3.8, 4) is 0 Å². The summed E-state index contributed by atoms with van der Waals surface area (Å²) >= 11 is 6.09. The third-order valence-electron chi connectivity index (χ3n) is 5.80. The lowest BCUT2D eigenvalue weighted by Crippen LogP contribution is -2.14. The van der Waals surface area contributed by atoms with Crippen LogP contribution < -0.4 is 0 Å². The van der Waals surface area contributed by atoms with E-state index in [2.05, 4.69) is 17.1 Å². The summed E-state index contributed by atoms with van der Waals surface area (Å²) in [5, 5.41) is 12.5. The molecule has 162 valence electrons. The second-order valence-electron chi connectivity index (χ2n) is 8.14. The Morgan fingerprint density at radius 3 is 2.81 bits per heavy atom. The van der Waals surface area contributed by atoms with Gasteiger partial charge < -0.3 is 5.11 Å². The van der Waals surface area contributed by atoms with Gasteiger partial charge in [0.1, 0.15) is 0 Å². The van der Waals surface area contributed by atoms with Gasteiger partial charge in [0.05, 0.1) is 17.3 Å². The number of ketones is 1. The largest absolute Gasteiger partial charge is 0.389 e. The molecule has 1 aliphatic rings. The van der Waals surface area contributed by atoms with E-state index in [9.17, 15) is 9.90 Å². The quantitative estimate of drug-likeness (QED) is 0.411. The van der Waals surface area contributed by atoms with Crippen LogP contribution in [0, 0.1) is 0 Å². The Bertz CT molecular complexity index is 1240. The van der Waals surface area contributed by atoms with Crippen molar-refractivity contribution >= 4 is 34.4 Å². The van der Waals surface area contributed by atoms with Crippen molar-refractivity contribution in [1.82, 2.24) is 4.98 Å². The first-order valence-electron chi connectivity index (χ1n) is 10.9. The highest BCUT2D eigenvalue weighted by molar-refractivity contribution is 6.31. The molecule has 4 rings (SSSR count). The van der Waals surface area contributed by atoms with Gasteiger partial charge in [-0.1, -0.05) is 66.2 Å². The van der Waals surface area contributed by atoms with Gasteiger partial charge in [0.25, 0.3) is 0 Å². The lowest BCUT2D eigenvalue weighted by molar-refractivity contribution is 0.101. The van der Waals surface area contributed by atoms with Crippen molar-refractivity contribution in [2.45, 2.75) is 38.7 Å². The fourth-order valence-corrected chi connectivity index (χ4v) is 4.24. The third kappa shape index (κ3) is 5.42. The molecule has 0 aliphatic heterocycles. The van der Waals surface area contributed by atoms with Crippen LogP contribution in [0.1, 0.15) is 47.8 Å². The van der Waals surface area contributed by atoms with Crippen molar-refractivity contribution in [2.24, 2.45) is 0 Å². The highest BCUT2D eigenvalue weighted by atomic mass is 35.5. The summed E-state index contributed by atoms with van der Waals surface area (Å²) < 4.78 is 0. The van der Waals surface area contributed by atoms with Crippen molar-refractivity contribution in [2.75, 3.05) is 0 Å². The molecule has 1 atom stereocenters. The molecule has 0 saturated heterocycles. The maximum atomic E-state index is 11.8. The number of pyridine rings is 1. The number of aliphatic hydroxyl groups excluding tert-OH is 1. The number of halogens is 1. The first-order chi connectivity index (χ1) is 15.5. The van der Waals surface area contributed by atoms with Gasteiger partial charge in [-0.05, 0) is 73.6 Å². The third-order valence-corrected chi connectivity index (χ3v) is 6.03. The number of allylic oxidation sites excluding steroid dienone is 4. The Morgan fingerprint density at radius 1 is 1.16 bits per heavy atom. The van der Waals surface area contributed by atoms with Gasteiger partial charge in [-0.15, -0.1) is 0 Å². The van der Waals surface area contributed by atoms with Crippen molar-refractivity contribution in [3.63, 3.8) is 0 Å². The molecule has 2 aromatic carbocycles. The zero-order valence-electron chi connectivity index (χ0n) is 18.1. The number of carbonyl (C=O) groups is 1. The highest BCUT2D eigenvalue weighted by Crippen LogP contribution is 2.25. The number of hydrogen-bond acceptors (Lipinski definition) is 3. The lowest BCUT2D eigenvalue weighted by Gasteiger charge is -2.18. The van der Waals surface area contributed by atoms with Crippen molar-refractivity contribution < 1.29 is 9.90 Å². The van der Waals surface area contributed by atoms with E-state index >= 15 is 0 Å². The number of carbonyl (C=O) groups excluding carboxylic acids is 1. The molecule has 0 spiro atoms. The molecule has 0 fully saturated rings. The molecule has 0 saturated carbocycles. The minimum Gasteiger partial charge on any atom is -0.389 e. The monoisotopic (exact) mass is 443 g/mol. The molecular weight excluding hydrogens is 418 g/mol. The van der Waals surface area contributed by atoms with Gasteiger partial charge in [0, 0.05) is 16.0 Å². The molecule has 4 heteroatoms. The Balaban J connectivity index is 1.43. The Hall–Kier alpha value is -3.01. The number of fused-ring (bicyclic) bond motifs is 1. The molecule has 3 aromatic rings. The number of aromatic nitrogens is 1. The standard InChI is InChI=1S/C28H26ClNO2/c1-19(31)26-8-3-2-6-21(26)12-16-28(32)23-7-4-5-20(17-23)9-14-25-15-11-22-10-13-24(29)18-27(22)30-25/h2-3,5-6,8-11,13-15,17-18,28,32H,4,7,12,16H2,1H3/b14-9+/t28-/m1/s1.